The molecule has 37 heavy (non-hydrogen) atoms. The van der Waals surface area contributed by atoms with Gasteiger partial charge in [-0.2, -0.15) is 10.2 Å². The first-order chi connectivity index (χ1) is 20.3. The molecule has 0 aliphatic carbocycles. The van der Waals surface area contributed by atoms with Crippen LogP contribution in [0.5, 0.6) is 0 Å². The van der Waals surface area contributed by atoms with Crippen molar-refractivity contribution in [1.82, 2.24) is 34.3 Å². The van der Waals surface area contributed by atoms with E-state index in [0.29, 0.717) is 37.7 Å². The fourth-order valence-corrected chi connectivity index (χ4v) is 4.48. The molecule has 5 aromatic rings. The zero-order valence-electron chi connectivity index (χ0n) is 25.7. The molecule has 1 aliphatic heterocycles. The highest BCUT2D eigenvalue weighted by Gasteiger charge is 2.26. The Kier molecular flexibility index (Phi) is 4.14. The Balaban J connectivity index is 1.19. The molecule has 0 bridgehead atoms. The first kappa shape index (κ1) is 17.1. The molecule has 0 amide bonds. The van der Waals surface area contributed by atoms with Crippen molar-refractivity contribution < 1.29 is 12.6 Å². The summed E-state index contributed by atoms with van der Waals surface area (Å²) >= 11 is 0. The lowest BCUT2D eigenvalue weighted by Crippen LogP contribution is -2.47. The minimum Gasteiger partial charge on any atom is -0.351 e. The van der Waals surface area contributed by atoms with E-state index in [4.69, 9.17) is 14.0 Å². The largest absolute Gasteiger partial charge is 0.351 e. The number of piperazine rings is 1. The average Bonchev–Trinajstić information content (AvgIpc) is 3.65. The summed E-state index contributed by atoms with van der Waals surface area (Å²) < 4.78 is 63.1. The number of fused-ring (bicyclic) bond motifs is 1. The van der Waals surface area contributed by atoms with Crippen LogP contribution in [0.25, 0.3) is 16.6 Å². The van der Waals surface area contributed by atoms with Gasteiger partial charge < -0.3 is 15.5 Å². The molecular formula is C26H27FN10. The molecule has 1 aliphatic rings. The number of hydrogen-bond acceptors (Lipinski definition) is 8. The summed E-state index contributed by atoms with van der Waals surface area (Å²) in [5.74, 6) is 0.662. The number of anilines is 2. The maximum Gasteiger partial charge on any atom is 0.225 e. The van der Waals surface area contributed by atoms with Crippen molar-refractivity contribution in [2.24, 2.45) is 12.7 Å². The fourth-order valence-electron chi connectivity index (χ4n) is 4.48. The van der Waals surface area contributed by atoms with Gasteiger partial charge in [0.25, 0.3) is 0 Å². The highest BCUT2D eigenvalue weighted by Crippen LogP contribution is 2.29. The van der Waals surface area contributed by atoms with Gasteiger partial charge in [-0.05, 0) is 30.6 Å². The van der Waals surface area contributed by atoms with Crippen molar-refractivity contribution >= 4 is 17.3 Å². The van der Waals surface area contributed by atoms with Crippen molar-refractivity contribution in [2.75, 3.05) is 36.0 Å². The summed E-state index contributed by atoms with van der Waals surface area (Å²) in [5.41, 5.74) is 7.13. The summed E-state index contributed by atoms with van der Waals surface area (Å²) in [6, 6.07) is 6.96. The quantitative estimate of drug-likeness (QED) is 0.389. The van der Waals surface area contributed by atoms with Gasteiger partial charge in [0.1, 0.15) is 17.7 Å². The molecule has 0 spiro atoms. The molecule has 6 rings (SSSR count). The van der Waals surface area contributed by atoms with Crippen LogP contribution >= 0.6 is 0 Å². The molecule has 1 aromatic carbocycles. The maximum atomic E-state index is 13.5. The smallest absolute Gasteiger partial charge is 0.225 e. The summed E-state index contributed by atoms with van der Waals surface area (Å²) in [6.07, 6.45) is 9.08. The van der Waals surface area contributed by atoms with E-state index in [0.717, 1.165) is 21.6 Å². The van der Waals surface area contributed by atoms with E-state index in [9.17, 15) is 4.39 Å². The Morgan fingerprint density at radius 3 is 2.35 bits per heavy atom. The van der Waals surface area contributed by atoms with Crippen molar-refractivity contribution in [3.05, 3.63) is 84.6 Å². The second kappa shape index (κ2) is 8.93. The van der Waals surface area contributed by atoms with E-state index in [1.165, 1.54) is 55.4 Å². The van der Waals surface area contributed by atoms with Crippen LogP contribution in [0.4, 0.5) is 16.2 Å². The molecule has 4 aromatic heterocycles. The van der Waals surface area contributed by atoms with Gasteiger partial charge >= 0.3 is 0 Å². The van der Waals surface area contributed by atoms with Crippen LogP contribution in [0.15, 0.2) is 67.6 Å². The number of nitrogens with zero attached hydrogens (tertiary/aromatic N) is 9. The number of aromatic nitrogens is 7. The molecule has 1 fully saturated rings. The van der Waals surface area contributed by atoms with Gasteiger partial charge in [0.2, 0.25) is 5.95 Å². The minimum absolute atomic E-state index is 0.193. The number of halogens is 1. The number of aryl methyl sites for hydroxylation is 1. The zero-order valence-corrected chi connectivity index (χ0v) is 19.7. The first-order valence-electron chi connectivity index (χ1n) is 14.6. The van der Waals surface area contributed by atoms with Gasteiger partial charge in [-0.1, -0.05) is 12.1 Å². The van der Waals surface area contributed by atoms with Gasteiger partial charge in [0.15, 0.2) is 5.82 Å². The lowest BCUT2D eigenvalue weighted by Gasteiger charge is -2.35. The second-order valence-corrected chi connectivity index (χ2v) is 8.88. The standard InChI is InChI=1S/C26H27FN10/c1-26(28,20-3-5-22(27)6-4-20)21-13-29-25(30-14-21)36-9-7-35(8-10-36)24-23-11-18(16-37(23)33-17-31-24)19-12-32-34(2)15-19/h3-6,11-17H,7-10,28H2,1-2H3/t26-/m0/s1/i1D3,2D3. The van der Waals surface area contributed by atoms with E-state index in [-0.39, 0.29) is 11.1 Å². The third-order valence-electron chi connectivity index (χ3n) is 6.56. The molecule has 1 saturated heterocycles. The summed E-state index contributed by atoms with van der Waals surface area (Å²) in [4.78, 5) is 17.5. The predicted molar refractivity (Wildman–Crippen MR) is 139 cm³/mol. The predicted octanol–water partition coefficient (Wildman–Crippen LogP) is 2.61. The lowest BCUT2D eigenvalue weighted by molar-refractivity contribution is 0.585. The fraction of sp³-hybridized carbons (Fsp3) is 0.269. The zero-order chi connectivity index (χ0) is 30.6. The average molecular weight is 505 g/mol. The topological polar surface area (TPSA) is 106 Å². The van der Waals surface area contributed by atoms with Gasteiger partial charge in [-0.3, -0.25) is 4.68 Å². The van der Waals surface area contributed by atoms with Crippen molar-refractivity contribution in [3.8, 4) is 11.1 Å². The Bertz CT molecular complexity index is 1740. The first-order valence-corrected chi connectivity index (χ1v) is 11.6. The van der Waals surface area contributed by atoms with E-state index in [1.807, 2.05) is 11.0 Å². The van der Waals surface area contributed by atoms with Gasteiger partial charge in [-0.25, -0.2) is 23.9 Å². The molecule has 11 heteroatoms. The van der Waals surface area contributed by atoms with Crippen LogP contribution in [0.2, 0.25) is 0 Å². The molecule has 0 unspecified atom stereocenters. The van der Waals surface area contributed by atoms with E-state index >= 15 is 0 Å². The maximum absolute atomic E-state index is 13.5. The van der Waals surface area contributed by atoms with Gasteiger partial charge in [-0.15, -0.1) is 0 Å². The number of rotatable bonds is 5. The molecule has 188 valence electrons. The van der Waals surface area contributed by atoms with Crippen molar-refractivity contribution in [2.45, 2.75) is 12.4 Å². The molecule has 0 radical (unpaired) electrons. The molecule has 10 nitrogen and oxygen atoms in total. The SMILES string of the molecule is [2H]C([2H])([2H])n1cc(-c2cc3c(N4CCN(c5ncc([C@@](N)(c6ccc(F)cc6)C([2H])([2H])[2H])cn5)CC4)ncnn3c2)cn1. The van der Waals surface area contributed by atoms with E-state index in [2.05, 4.69) is 30.0 Å². The molecule has 1 atom stereocenters. The number of hydrogen-bond donors (Lipinski definition) is 1. The second-order valence-electron chi connectivity index (χ2n) is 8.88. The van der Waals surface area contributed by atoms with Crippen LogP contribution in [-0.2, 0) is 12.5 Å². The monoisotopic (exact) mass is 504 g/mol. The summed E-state index contributed by atoms with van der Waals surface area (Å²) in [5, 5.41) is 8.28. The third kappa shape index (κ3) is 4.27. The Morgan fingerprint density at radius 2 is 1.65 bits per heavy atom. The molecule has 5 heterocycles. The van der Waals surface area contributed by atoms with Crippen LogP contribution in [-0.4, -0.2) is 60.5 Å². The molecule has 2 N–H and O–H groups in total. The number of benzene rings is 1. The van der Waals surface area contributed by atoms with Crippen LogP contribution < -0.4 is 15.5 Å². The van der Waals surface area contributed by atoms with Crippen molar-refractivity contribution in [1.29, 1.82) is 0 Å². The Hall–Kier alpha value is -4.38. The molecule has 0 saturated carbocycles. The van der Waals surface area contributed by atoms with Gasteiger partial charge in [0, 0.05) is 82.9 Å². The van der Waals surface area contributed by atoms with Crippen LogP contribution in [0.3, 0.4) is 0 Å². The van der Waals surface area contributed by atoms with Crippen LogP contribution in [0, 0.1) is 5.82 Å². The molecular weight excluding hydrogens is 471 g/mol. The third-order valence-corrected chi connectivity index (χ3v) is 6.56. The minimum atomic E-state index is -2.64. The van der Waals surface area contributed by atoms with E-state index in [1.54, 1.807) is 10.7 Å². The van der Waals surface area contributed by atoms with Gasteiger partial charge in [0.05, 0.1) is 11.7 Å². The lowest BCUT2D eigenvalue weighted by atomic mass is 9.87. The van der Waals surface area contributed by atoms with Crippen LogP contribution in [0.1, 0.15) is 26.2 Å². The number of nitrogens with two attached hydrogens (primary N) is 1. The highest BCUT2D eigenvalue weighted by atomic mass is 19.1. The highest BCUT2D eigenvalue weighted by molar-refractivity contribution is 5.77. The Labute approximate surface area is 221 Å². The normalized spacial score (nSPS) is 18.9. The summed E-state index contributed by atoms with van der Waals surface area (Å²) in [6.45, 7) is -2.67. The Morgan fingerprint density at radius 1 is 0.892 bits per heavy atom. The van der Waals surface area contributed by atoms with E-state index < -0.39 is 25.2 Å². The summed E-state index contributed by atoms with van der Waals surface area (Å²) in [7, 11) is 0. The van der Waals surface area contributed by atoms with Crippen molar-refractivity contribution in [3.63, 3.8) is 0 Å².